The van der Waals surface area contributed by atoms with Crippen molar-refractivity contribution in [1.82, 2.24) is 29.2 Å². The number of halogens is 10. The zero-order chi connectivity index (χ0) is 82.2. The van der Waals surface area contributed by atoms with Gasteiger partial charge in [0.1, 0.15) is 0 Å². The first-order valence-corrected chi connectivity index (χ1v) is 44.3. The van der Waals surface area contributed by atoms with Crippen LogP contribution in [-0.4, -0.2) is 162 Å². The average molecular weight is 1730 g/mol. The molecular weight excluding hydrogens is 1630 g/mol. The molecule has 2 unspecified atom stereocenters. The molecule has 0 radical (unpaired) electrons. The van der Waals surface area contributed by atoms with Gasteiger partial charge < -0.3 is 45.0 Å². The van der Waals surface area contributed by atoms with E-state index < -0.39 is 31.1 Å². The average Bonchev–Trinajstić information content (AvgIpc) is 0.795. The Morgan fingerprint density at radius 3 is 1.22 bits per heavy atom. The highest BCUT2D eigenvalue weighted by Gasteiger charge is 2.52. The van der Waals surface area contributed by atoms with E-state index in [1.54, 1.807) is 12.1 Å². The van der Waals surface area contributed by atoms with E-state index in [2.05, 4.69) is 21.3 Å². The van der Waals surface area contributed by atoms with E-state index in [1.165, 1.54) is 0 Å². The lowest BCUT2D eigenvalue weighted by Gasteiger charge is -2.32. The van der Waals surface area contributed by atoms with Crippen molar-refractivity contribution in [2.75, 3.05) is 96.2 Å². The zero-order valence-corrected chi connectivity index (χ0v) is 69.2. The quantitative estimate of drug-likeness (QED) is 0.0121. The highest BCUT2D eigenvalue weighted by atomic mass is 35.5. The molecule has 4 heterocycles. The van der Waals surface area contributed by atoms with Gasteiger partial charge in [-0.3, -0.25) is 9.59 Å². The molecule has 2 amide bonds. The van der Waals surface area contributed by atoms with Gasteiger partial charge in [-0.15, -0.1) is 0 Å². The van der Waals surface area contributed by atoms with Gasteiger partial charge in [0, 0.05) is 150 Å². The van der Waals surface area contributed by atoms with Gasteiger partial charge in [-0.05, 0) is 208 Å². The second kappa shape index (κ2) is 43.1. The third kappa shape index (κ3) is 25.9. The number of alkyl halides is 6. The van der Waals surface area contributed by atoms with Crippen molar-refractivity contribution in [3.63, 3.8) is 0 Å². The largest absolute Gasteiger partial charge is 0.511 e. The highest BCUT2D eigenvalue weighted by molar-refractivity contribution is 7.90. The second-order valence-electron chi connectivity index (χ2n) is 29.8. The lowest BCUT2D eigenvalue weighted by atomic mass is 9.84. The van der Waals surface area contributed by atoms with Gasteiger partial charge in [-0.1, -0.05) is 126 Å². The summed E-state index contributed by atoms with van der Waals surface area (Å²) < 4.78 is 161. The molecule has 3 aliphatic rings. The number of benzene rings is 6. The van der Waals surface area contributed by atoms with Gasteiger partial charge >= 0.3 is 31.1 Å². The minimum atomic E-state index is -5.46. The van der Waals surface area contributed by atoms with Crippen LogP contribution in [0, 0.1) is 5.92 Å². The molecule has 2 saturated heterocycles. The Morgan fingerprint density at radius 1 is 0.440 bits per heavy atom. The molecule has 1 aliphatic carbocycles. The Morgan fingerprint density at radius 2 is 0.819 bits per heavy atom. The number of aromatic nitrogens is 2. The highest BCUT2D eigenvalue weighted by Crippen LogP contribution is 2.42. The molecule has 8 aromatic rings. The standard InChI is InChI=1S/C85H100Cl4F6N8O11S2/c86-65-25-15-59(16-26-65)82(60-17-27-66(87)28-18-60)63-23-33-74-72(54-63)76(98-69-35-42-102(43-36-69)115(106,107)84(90,91)92)56-80(100-74)113-48-7-1-3-13-78(104)96-40-9-46-110-50-39-58-11-5-6-12-71(53-58)112-52-51-111-47-10-41-97-79(105)14-4-2-8-49-114-81-57-77(99-70-37-44-103(45-38-70)116(108,109)85(93,94)95)73-55-64(24-34-75(73)101-81)83(61-19-29-67(88)30-20-61)62-21-31-68(89)32-22-62/h15-34,54-58,69-71,82-83H,1-14,35-53H2,(H,96,104)(H,97,105)(H,98,100)(H,99,101). The summed E-state index contributed by atoms with van der Waals surface area (Å²) in [6.07, 6.45) is 13.1. The summed E-state index contributed by atoms with van der Waals surface area (Å²) in [4.78, 5) is 35.2. The summed E-state index contributed by atoms with van der Waals surface area (Å²) in [5.74, 6) is 0.628. The van der Waals surface area contributed by atoms with E-state index in [9.17, 15) is 52.8 Å². The van der Waals surface area contributed by atoms with E-state index in [-0.39, 0.29) is 93.7 Å². The van der Waals surface area contributed by atoms with Crippen LogP contribution in [-0.2, 0) is 43.8 Å². The summed E-state index contributed by atoms with van der Waals surface area (Å²) >= 11 is 25.2. The first kappa shape index (κ1) is 89.5. The van der Waals surface area contributed by atoms with Crippen LogP contribution in [0.15, 0.2) is 146 Å². The van der Waals surface area contributed by atoms with Gasteiger partial charge in [0.2, 0.25) is 23.6 Å². The molecule has 116 heavy (non-hydrogen) atoms. The molecule has 1 saturated carbocycles. The summed E-state index contributed by atoms with van der Waals surface area (Å²) in [5, 5.41) is 16.8. The topological polar surface area (TPSA) is 229 Å². The molecule has 31 heteroatoms. The molecule has 2 atom stereocenters. The summed E-state index contributed by atoms with van der Waals surface area (Å²) in [6.45, 7) is 3.07. The number of sulfonamides is 2. The molecule has 0 spiro atoms. The number of piperidine rings is 2. The van der Waals surface area contributed by atoms with E-state index >= 15 is 0 Å². The first-order valence-electron chi connectivity index (χ1n) is 39.9. The number of rotatable bonds is 41. The van der Waals surface area contributed by atoms with Gasteiger partial charge in [0.05, 0.1) is 43.6 Å². The van der Waals surface area contributed by atoms with E-state index in [4.69, 9.17) is 80.1 Å². The number of carbonyl (C=O) groups is 2. The number of ether oxygens (including phenoxy) is 5. The van der Waals surface area contributed by atoms with Crippen molar-refractivity contribution in [2.45, 2.75) is 169 Å². The number of pyridine rings is 2. The maximum atomic E-state index is 13.5. The second-order valence-corrected chi connectivity index (χ2v) is 35.4. The molecule has 19 nitrogen and oxygen atoms in total. The van der Waals surface area contributed by atoms with Gasteiger partial charge in [0.25, 0.3) is 0 Å². The number of hydrogen-bond donors (Lipinski definition) is 4. The van der Waals surface area contributed by atoms with Crippen molar-refractivity contribution in [3.8, 4) is 11.8 Å². The number of anilines is 2. The maximum absolute atomic E-state index is 13.5. The Kier molecular flexibility index (Phi) is 33.3. The molecule has 3 fully saturated rings. The molecule has 628 valence electrons. The van der Waals surface area contributed by atoms with Crippen molar-refractivity contribution >= 4 is 111 Å². The van der Waals surface area contributed by atoms with Gasteiger partial charge in [-0.2, -0.15) is 35.0 Å². The molecule has 2 aromatic heterocycles. The van der Waals surface area contributed by atoms with Crippen LogP contribution in [0.2, 0.25) is 20.1 Å². The monoisotopic (exact) mass is 1730 g/mol. The van der Waals surface area contributed by atoms with Crippen molar-refractivity contribution in [2.24, 2.45) is 5.92 Å². The Balaban J connectivity index is 0.534. The maximum Gasteiger partial charge on any atom is 0.511 e. The lowest BCUT2D eigenvalue weighted by Crippen LogP contribution is -2.47. The van der Waals surface area contributed by atoms with Crippen LogP contribution in [0.1, 0.15) is 174 Å². The van der Waals surface area contributed by atoms with Crippen LogP contribution in [0.5, 0.6) is 11.8 Å². The lowest BCUT2D eigenvalue weighted by molar-refractivity contribution is -0.122. The molecule has 0 bridgehead atoms. The third-order valence-electron chi connectivity index (χ3n) is 21.4. The molecule has 11 rings (SSSR count). The van der Waals surface area contributed by atoms with Crippen molar-refractivity contribution < 1.29 is 76.5 Å². The van der Waals surface area contributed by atoms with Crippen LogP contribution in [0.25, 0.3) is 21.8 Å². The van der Waals surface area contributed by atoms with Gasteiger partial charge in [0.15, 0.2) is 0 Å². The molecule has 2 aliphatic heterocycles. The minimum Gasteiger partial charge on any atom is -0.478 e. The zero-order valence-electron chi connectivity index (χ0n) is 64.5. The fraction of sp³-hybridized carbons (Fsp3) is 0.482. The van der Waals surface area contributed by atoms with E-state index in [0.29, 0.717) is 179 Å². The smallest absolute Gasteiger partial charge is 0.478 e. The Labute approximate surface area is 695 Å². The fourth-order valence-corrected chi connectivity index (χ4v) is 17.7. The number of carbonyl (C=O) groups excluding carboxylic acids is 2. The number of nitrogens with zero attached hydrogens (tertiary/aromatic N) is 4. The third-order valence-corrected chi connectivity index (χ3v) is 25.7. The van der Waals surface area contributed by atoms with Crippen LogP contribution in [0.4, 0.5) is 37.7 Å². The fourth-order valence-electron chi connectivity index (χ4n) is 15.2. The predicted molar refractivity (Wildman–Crippen MR) is 443 cm³/mol. The summed E-state index contributed by atoms with van der Waals surface area (Å²) in [7, 11) is -10.9. The van der Waals surface area contributed by atoms with Gasteiger partial charge in [-0.25, -0.2) is 26.8 Å². The number of hydrogen-bond acceptors (Lipinski definition) is 15. The SMILES string of the molecule is O=C(CCCCCOc1cc(NC2CCN(S(=O)(=O)C(F)(F)F)CC2)c2cc(C(c3ccc(Cl)cc3)c3ccc(Cl)cc3)ccc2n1)NCCCOCCOC1CCCCC(CCOCCCNC(=O)CCCCCOc2cc(NC3CCN(S(=O)(=O)C(F)(F)F)CC3)c3cc(C(c4ccc(Cl)cc4)c4ccc(Cl)cc4)ccc3n2)C1. The van der Waals surface area contributed by atoms with Crippen molar-refractivity contribution in [1.29, 1.82) is 0 Å². The Hall–Kier alpha value is -7.28. The number of unbranched alkanes of at least 4 members (excludes halogenated alkanes) is 4. The molecule has 4 N–H and O–H groups in total. The van der Waals surface area contributed by atoms with Crippen LogP contribution < -0.4 is 30.7 Å². The summed E-state index contributed by atoms with van der Waals surface area (Å²) in [5.41, 5.74) is -2.49. The molecular formula is C85H100Cl4F6N8O11S2. The Bertz CT molecular complexity index is 4640. The van der Waals surface area contributed by atoms with E-state index in [1.807, 2.05) is 133 Å². The number of fused-ring (bicyclic) bond motifs is 2. The van der Waals surface area contributed by atoms with E-state index in [0.717, 1.165) is 95.5 Å². The van der Waals surface area contributed by atoms with Crippen LogP contribution >= 0.6 is 46.4 Å². The number of nitrogens with one attached hydrogen (secondary N) is 4. The van der Waals surface area contributed by atoms with Crippen LogP contribution in [0.3, 0.4) is 0 Å². The molecule has 6 aromatic carbocycles. The first-order chi connectivity index (χ1) is 55.7. The predicted octanol–water partition coefficient (Wildman–Crippen LogP) is 19.2. The number of amides is 2. The van der Waals surface area contributed by atoms with Crippen molar-refractivity contribution in [3.05, 3.63) is 199 Å². The minimum absolute atomic E-state index is 0.0317. The summed E-state index contributed by atoms with van der Waals surface area (Å²) in [6, 6.07) is 45.1. The normalized spacial score (nSPS) is 16.6.